The van der Waals surface area contributed by atoms with Gasteiger partial charge in [-0.2, -0.15) is 0 Å². The van der Waals surface area contributed by atoms with Crippen LogP contribution >= 0.6 is 11.3 Å². The number of anilines is 1. The van der Waals surface area contributed by atoms with Gasteiger partial charge in [-0.1, -0.05) is 0 Å². The van der Waals surface area contributed by atoms with E-state index in [1.807, 2.05) is 0 Å². The van der Waals surface area contributed by atoms with Gasteiger partial charge in [0.1, 0.15) is 0 Å². The van der Waals surface area contributed by atoms with Crippen molar-refractivity contribution in [3.63, 3.8) is 0 Å². The predicted octanol–water partition coefficient (Wildman–Crippen LogP) is 2.74. The number of amides is 1. The van der Waals surface area contributed by atoms with Crippen LogP contribution in [0.25, 0.3) is 0 Å². The fraction of sp³-hybridized carbons (Fsp3) is 0.0909. The Labute approximate surface area is 104 Å². The molecule has 1 amide bonds. The molecule has 1 N–H and O–H groups in total. The van der Waals surface area contributed by atoms with Gasteiger partial charge in [0.05, 0.1) is 23.3 Å². The van der Waals surface area contributed by atoms with Crippen molar-refractivity contribution in [2.45, 2.75) is 6.42 Å². The maximum atomic E-state index is 13.3. The summed E-state index contributed by atoms with van der Waals surface area (Å²) in [6.45, 7) is 0. The lowest BCUT2D eigenvalue weighted by atomic mass is 10.2. The Morgan fingerprint density at radius 1 is 1.28 bits per heavy atom. The number of benzene rings is 1. The Kier molecular flexibility index (Phi) is 3.61. The van der Waals surface area contributed by atoms with E-state index in [1.165, 1.54) is 11.3 Å². The molecule has 0 saturated heterocycles. The molecule has 0 unspecified atom stereocenters. The molecule has 2 aromatic rings. The zero-order chi connectivity index (χ0) is 13.1. The molecule has 3 nitrogen and oxygen atoms in total. The summed E-state index contributed by atoms with van der Waals surface area (Å²) in [7, 11) is 0. The number of carbonyl (C=O) groups is 1. The Morgan fingerprint density at radius 2 is 2.06 bits per heavy atom. The molecule has 2 rings (SSSR count). The lowest BCUT2D eigenvalue weighted by molar-refractivity contribution is -0.115. The van der Waals surface area contributed by atoms with Crippen LogP contribution in [0, 0.1) is 17.5 Å². The van der Waals surface area contributed by atoms with Gasteiger partial charge in [0.15, 0.2) is 17.5 Å². The summed E-state index contributed by atoms with van der Waals surface area (Å²) < 4.78 is 38.8. The summed E-state index contributed by atoms with van der Waals surface area (Å²) >= 11 is 1.32. The molecule has 1 aromatic carbocycles. The molecule has 94 valence electrons. The maximum Gasteiger partial charge on any atom is 0.230 e. The van der Waals surface area contributed by atoms with Gasteiger partial charge in [-0.05, 0) is 12.1 Å². The van der Waals surface area contributed by atoms with Crippen LogP contribution in [0.3, 0.4) is 0 Å². The number of aromatic nitrogens is 1. The summed E-state index contributed by atoms with van der Waals surface area (Å²) in [5.41, 5.74) is 1.69. The van der Waals surface area contributed by atoms with Crippen molar-refractivity contribution in [3.05, 3.63) is 46.2 Å². The smallest absolute Gasteiger partial charge is 0.230 e. The fourth-order valence-corrected chi connectivity index (χ4v) is 1.86. The molecular weight excluding hydrogens is 265 g/mol. The lowest BCUT2D eigenvalue weighted by Gasteiger charge is -2.06. The van der Waals surface area contributed by atoms with E-state index in [-0.39, 0.29) is 6.42 Å². The average molecular weight is 272 g/mol. The van der Waals surface area contributed by atoms with E-state index in [9.17, 15) is 18.0 Å². The van der Waals surface area contributed by atoms with E-state index in [1.54, 1.807) is 10.9 Å². The highest BCUT2D eigenvalue weighted by Crippen LogP contribution is 2.19. The second-order valence-corrected chi connectivity index (χ2v) is 4.15. The minimum absolute atomic E-state index is 0.0536. The first-order valence-electron chi connectivity index (χ1n) is 4.88. The third kappa shape index (κ3) is 2.67. The monoisotopic (exact) mass is 272 g/mol. The third-order valence-corrected chi connectivity index (χ3v) is 2.77. The minimum atomic E-state index is -1.61. The number of halogens is 3. The fourth-order valence-electron chi connectivity index (χ4n) is 1.31. The first-order valence-corrected chi connectivity index (χ1v) is 5.82. The first-order chi connectivity index (χ1) is 8.58. The van der Waals surface area contributed by atoms with Crippen molar-refractivity contribution in [3.8, 4) is 0 Å². The first kappa shape index (κ1) is 12.6. The summed E-state index contributed by atoms with van der Waals surface area (Å²) in [5, 5.41) is 3.83. The highest BCUT2D eigenvalue weighted by atomic mass is 32.1. The molecule has 1 aromatic heterocycles. The topological polar surface area (TPSA) is 42.0 Å². The van der Waals surface area contributed by atoms with Crippen molar-refractivity contribution in [2.24, 2.45) is 0 Å². The van der Waals surface area contributed by atoms with Crippen molar-refractivity contribution in [2.75, 3.05) is 5.32 Å². The third-order valence-electron chi connectivity index (χ3n) is 2.13. The van der Waals surface area contributed by atoms with Gasteiger partial charge in [-0.25, -0.2) is 18.2 Å². The van der Waals surface area contributed by atoms with Gasteiger partial charge in [0.25, 0.3) is 0 Å². The van der Waals surface area contributed by atoms with E-state index < -0.39 is 29.0 Å². The van der Waals surface area contributed by atoms with Crippen LogP contribution in [0.15, 0.2) is 23.0 Å². The minimum Gasteiger partial charge on any atom is -0.323 e. The van der Waals surface area contributed by atoms with Crippen LogP contribution in [-0.4, -0.2) is 10.9 Å². The molecule has 0 atom stereocenters. The Hall–Kier alpha value is -1.89. The molecule has 0 aliphatic rings. The van der Waals surface area contributed by atoms with Gasteiger partial charge in [0, 0.05) is 5.38 Å². The quantitative estimate of drug-likeness (QED) is 0.873. The van der Waals surface area contributed by atoms with Crippen molar-refractivity contribution < 1.29 is 18.0 Å². The zero-order valence-electron chi connectivity index (χ0n) is 8.91. The molecule has 7 heteroatoms. The van der Waals surface area contributed by atoms with Crippen molar-refractivity contribution in [1.82, 2.24) is 4.98 Å². The van der Waals surface area contributed by atoms with Crippen LogP contribution in [0.1, 0.15) is 5.69 Å². The lowest BCUT2D eigenvalue weighted by Crippen LogP contribution is -2.16. The van der Waals surface area contributed by atoms with Crippen LogP contribution < -0.4 is 5.32 Å². The number of carbonyl (C=O) groups excluding carboxylic acids is 1. The molecule has 0 bridgehead atoms. The molecule has 0 fully saturated rings. The van der Waals surface area contributed by atoms with Gasteiger partial charge in [-0.3, -0.25) is 4.79 Å². The number of nitrogens with zero attached hydrogens (tertiary/aromatic N) is 1. The molecular formula is C11H7F3N2OS. The number of rotatable bonds is 3. The SMILES string of the molecule is O=C(Cc1cscn1)Nc1ccc(F)c(F)c1F. The Balaban J connectivity index is 2.10. The van der Waals surface area contributed by atoms with Crippen LogP contribution in [0.5, 0.6) is 0 Å². The van der Waals surface area contributed by atoms with Crippen LogP contribution in [-0.2, 0) is 11.2 Å². The second-order valence-electron chi connectivity index (χ2n) is 3.43. The molecule has 0 spiro atoms. The molecule has 18 heavy (non-hydrogen) atoms. The highest BCUT2D eigenvalue weighted by molar-refractivity contribution is 7.07. The average Bonchev–Trinajstić information content (AvgIpc) is 2.83. The number of nitrogens with one attached hydrogen (secondary N) is 1. The van der Waals surface area contributed by atoms with Crippen molar-refractivity contribution >= 4 is 22.9 Å². The molecule has 0 saturated carbocycles. The normalized spacial score (nSPS) is 10.4. The summed E-state index contributed by atoms with van der Waals surface area (Å²) in [6, 6.07) is 1.71. The number of thiazole rings is 1. The van der Waals surface area contributed by atoms with Gasteiger partial charge in [-0.15, -0.1) is 11.3 Å². The number of hydrogen-bond acceptors (Lipinski definition) is 3. The van der Waals surface area contributed by atoms with Gasteiger partial charge >= 0.3 is 0 Å². The number of hydrogen-bond donors (Lipinski definition) is 1. The molecule has 0 aliphatic heterocycles. The molecule has 1 heterocycles. The largest absolute Gasteiger partial charge is 0.323 e. The van der Waals surface area contributed by atoms with Crippen LogP contribution in [0.2, 0.25) is 0 Å². The van der Waals surface area contributed by atoms with Gasteiger partial charge in [0.2, 0.25) is 5.91 Å². The van der Waals surface area contributed by atoms with E-state index in [2.05, 4.69) is 10.3 Å². The summed E-state index contributed by atoms with van der Waals surface area (Å²) in [4.78, 5) is 15.4. The Morgan fingerprint density at radius 3 is 2.72 bits per heavy atom. The zero-order valence-corrected chi connectivity index (χ0v) is 9.73. The van der Waals surface area contributed by atoms with Gasteiger partial charge < -0.3 is 5.32 Å². The Bertz CT molecular complexity index is 572. The standard InChI is InChI=1S/C11H7F3N2OS/c12-7-1-2-8(11(14)10(7)13)16-9(17)3-6-4-18-5-15-6/h1-2,4-5H,3H2,(H,16,17). The van der Waals surface area contributed by atoms with Crippen molar-refractivity contribution in [1.29, 1.82) is 0 Å². The highest BCUT2D eigenvalue weighted by Gasteiger charge is 2.15. The summed E-state index contributed by atoms with van der Waals surface area (Å²) in [5.74, 6) is -4.88. The van der Waals surface area contributed by atoms with E-state index in [0.29, 0.717) is 5.69 Å². The van der Waals surface area contributed by atoms with E-state index in [4.69, 9.17) is 0 Å². The summed E-state index contributed by atoms with van der Waals surface area (Å²) in [6.07, 6.45) is -0.0536. The molecule has 0 radical (unpaired) electrons. The predicted molar refractivity (Wildman–Crippen MR) is 60.8 cm³/mol. The van der Waals surface area contributed by atoms with E-state index in [0.717, 1.165) is 12.1 Å². The molecule has 0 aliphatic carbocycles. The van der Waals surface area contributed by atoms with E-state index >= 15 is 0 Å². The second kappa shape index (κ2) is 5.18. The van der Waals surface area contributed by atoms with Crippen LogP contribution in [0.4, 0.5) is 18.9 Å². The maximum absolute atomic E-state index is 13.3.